The van der Waals surface area contributed by atoms with Crippen molar-refractivity contribution in [1.82, 2.24) is 5.32 Å². The van der Waals surface area contributed by atoms with E-state index in [9.17, 15) is 4.79 Å². The number of amides is 1. The highest BCUT2D eigenvalue weighted by Gasteiger charge is 1.99. The second-order valence-corrected chi connectivity index (χ2v) is 3.00. The summed E-state index contributed by atoms with van der Waals surface area (Å²) < 4.78 is 4.93. The quantitative estimate of drug-likeness (QED) is 0.798. The van der Waals surface area contributed by atoms with Crippen molar-refractivity contribution in [1.29, 1.82) is 0 Å². The molecule has 1 rings (SSSR count). The molecule has 0 atom stereocenters. The first-order valence-electron chi connectivity index (χ1n) is 4.68. The SMILES string of the molecule is CCc1cccc(COC(=O)NC)c1. The van der Waals surface area contributed by atoms with E-state index in [1.54, 1.807) is 7.05 Å². The van der Waals surface area contributed by atoms with Gasteiger partial charge >= 0.3 is 6.09 Å². The van der Waals surface area contributed by atoms with Crippen LogP contribution >= 0.6 is 0 Å². The molecule has 0 aliphatic rings. The largest absolute Gasteiger partial charge is 0.445 e. The Hall–Kier alpha value is -1.51. The highest BCUT2D eigenvalue weighted by atomic mass is 16.5. The van der Waals surface area contributed by atoms with E-state index in [0.717, 1.165) is 12.0 Å². The minimum Gasteiger partial charge on any atom is -0.445 e. The smallest absolute Gasteiger partial charge is 0.407 e. The molecule has 76 valence electrons. The van der Waals surface area contributed by atoms with Crippen molar-refractivity contribution in [3.63, 3.8) is 0 Å². The molecular formula is C11H15NO2. The van der Waals surface area contributed by atoms with Crippen LogP contribution in [0.4, 0.5) is 4.79 Å². The van der Waals surface area contributed by atoms with Crippen molar-refractivity contribution in [2.45, 2.75) is 20.0 Å². The molecule has 1 aromatic carbocycles. The summed E-state index contributed by atoms with van der Waals surface area (Å²) in [4.78, 5) is 10.8. The van der Waals surface area contributed by atoms with Crippen molar-refractivity contribution in [3.05, 3.63) is 35.4 Å². The Morgan fingerprint density at radius 2 is 2.14 bits per heavy atom. The predicted molar refractivity (Wildman–Crippen MR) is 55.1 cm³/mol. The van der Waals surface area contributed by atoms with Gasteiger partial charge in [0, 0.05) is 7.05 Å². The van der Waals surface area contributed by atoms with Crippen LogP contribution in [0, 0.1) is 0 Å². The van der Waals surface area contributed by atoms with Crippen LogP contribution in [0.5, 0.6) is 0 Å². The predicted octanol–water partition coefficient (Wildman–Crippen LogP) is 2.10. The summed E-state index contributed by atoms with van der Waals surface area (Å²) in [6.07, 6.45) is 0.597. The Bertz CT molecular complexity index is 310. The molecule has 0 heterocycles. The first-order chi connectivity index (χ1) is 6.76. The number of ether oxygens (including phenoxy) is 1. The molecule has 1 N–H and O–H groups in total. The number of aryl methyl sites for hydroxylation is 1. The summed E-state index contributed by atoms with van der Waals surface area (Å²) in [6, 6.07) is 8.02. The van der Waals surface area contributed by atoms with E-state index in [-0.39, 0.29) is 0 Å². The van der Waals surface area contributed by atoms with E-state index in [1.807, 2.05) is 18.2 Å². The molecule has 14 heavy (non-hydrogen) atoms. The van der Waals surface area contributed by atoms with Crippen LogP contribution in [0.2, 0.25) is 0 Å². The van der Waals surface area contributed by atoms with Crippen LogP contribution in [0.3, 0.4) is 0 Å². The van der Waals surface area contributed by atoms with Crippen LogP contribution in [0.1, 0.15) is 18.1 Å². The zero-order valence-electron chi connectivity index (χ0n) is 8.54. The van der Waals surface area contributed by atoms with Gasteiger partial charge in [-0.15, -0.1) is 0 Å². The zero-order valence-corrected chi connectivity index (χ0v) is 8.54. The van der Waals surface area contributed by atoms with Crippen LogP contribution in [-0.2, 0) is 17.8 Å². The minimum atomic E-state index is -0.396. The molecule has 0 spiro atoms. The normalized spacial score (nSPS) is 9.57. The molecule has 0 saturated heterocycles. The fourth-order valence-electron chi connectivity index (χ4n) is 1.16. The lowest BCUT2D eigenvalue weighted by atomic mass is 10.1. The van der Waals surface area contributed by atoms with Gasteiger partial charge in [-0.05, 0) is 17.5 Å². The van der Waals surface area contributed by atoms with E-state index < -0.39 is 6.09 Å². The van der Waals surface area contributed by atoms with Crippen LogP contribution in [0.25, 0.3) is 0 Å². The van der Waals surface area contributed by atoms with Gasteiger partial charge in [0.25, 0.3) is 0 Å². The number of hydrogen-bond acceptors (Lipinski definition) is 2. The molecule has 0 aliphatic heterocycles. The molecule has 0 unspecified atom stereocenters. The van der Waals surface area contributed by atoms with Crippen molar-refractivity contribution >= 4 is 6.09 Å². The number of benzene rings is 1. The summed E-state index contributed by atoms with van der Waals surface area (Å²) in [5, 5.41) is 2.40. The van der Waals surface area contributed by atoms with Gasteiger partial charge in [-0.1, -0.05) is 31.2 Å². The molecule has 0 fully saturated rings. The van der Waals surface area contributed by atoms with Crippen LogP contribution in [0.15, 0.2) is 24.3 Å². The van der Waals surface area contributed by atoms with E-state index in [2.05, 4.69) is 18.3 Å². The van der Waals surface area contributed by atoms with Crippen LogP contribution < -0.4 is 5.32 Å². The molecule has 0 saturated carbocycles. The Morgan fingerprint density at radius 1 is 1.43 bits per heavy atom. The van der Waals surface area contributed by atoms with Gasteiger partial charge in [-0.3, -0.25) is 0 Å². The van der Waals surface area contributed by atoms with Crippen LogP contribution in [-0.4, -0.2) is 13.1 Å². The second kappa shape index (κ2) is 5.27. The van der Waals surface area contributed by atoms with E-state index in [0.29, 0.717) is 6.61 Å². The number of carbonyl (C=O) groups is 1. The molecule has 0 aliphatic carbocycles. The Labute approximate surface area is 84.1 Å². The number of hydrogen-bond donors (Lipinski definition) is 1. The molecule has 0 radical (unpaired) electrons. The van der Waals surface area contributed by atoms with Crippen molar-refractivity contribution in [2.75, 3.05) is 7.05 Å². The summed E-state index contributed by atoms with van der Waals surface area (Å²) in [6.45, 7) is 2.42. The lowest BCUT2D eigenvalue weighted by Gasteiger charge is -2.05. The molecule has 0 aromatic heterocycles. The lowest BCUT2D eigenvalue weighted by molar-refractivity contribution is 0.142. The van der Waals surface area contributed by atoms with Gasteiger partial charge in [0.05, 0.1) is 0 Å². The zero-order chi connectivity index (χ0) is 10.4. The number of carbonyl (C=O) groups excluding carboxylic acids is 1. The highest BCUT2D eigenvalue weighted by Crippen LogP contribution is 2.07. The third kappa shape index (κ3) is 3.09. The standard InChI is InChI=1S/C11H15NO2/c1-3-9-5-4-6-10(7-9)8-14-11(13)12-2/h4-7H,3,8H2,1-2H3,(H,12,13). The Balaban J connectivity index is 2.54. The monoisotopic (exact) mass is 193 g/mol. The third-order valence-electron chi connectivity index (χ3n) is 1.97. The van der Waals surface area contributed by atoms with Crippen molar-refractivity contribution < 1.29 is 9.53 Å². The topological polar surface area (TPSA) is 38.3 Å². The molecule has 1 aromatic rings. The summed E-state index contributed by atoms with van der Waals surface area (Å²) in [7, 11) is 1.55. The van der Waals surface area contributed by atoms with Gasteiger partial charge in [-0.25, -0.2) is 4.79 Å². The van der Waals surface area contributed by atoms with E-state index in [4.69, 9.17) is 4.74 Å². The average molecular weight is 193 g/mol. The average Bonchev–Trinajstić information content (AvgIpc) is 2.26. The van der Waals surface area contributed by atoms with Gasteiger partial charge in [0.15, 0.2) is 0 Å². The lowest BCUT2D eigenvalue weighted by Crippen LogP contribution is -2.18. The fraction of sp³-hybridized carbons (Fsp3) is 0.364. The summed E-state index contributed by atoms with van der Waals surface area (Å²) in [5.41, 5.74) is 2.27. The molecule has 3 heteroatoms. The summed E-state index contributed by atoms with van der Waals surface area (Å²) >= 11 is 0. The van der Waals surface area contributed by atoms with Crippen molar-refractivity contribution in [3.8, 4) is 0 Å². The van der Waals surface area contributed by atoms with Crippen molar-refractivity contribution in [2.24, 2.45) is 0 Å². The maximum atomic E-state index is 10.8. The Kier molecular flexibility index (Phi) is 3.98. The maximum Gasteiger partial charge on any atom is 0.407 e. The molecular weight excluding hydrogens is 178 g/mol. The number of alkyl carbamates (subject to hydrolysis) is 1. The van der Waals surface area contributed by atoms with Gasteiger partial charge in [0.1, 0.15) is 6.61 Å². The van der Waals surface area contributed by atoms with E-state index in [1.165, 1.54) is 5.56 Å². The summed E-state index contributed by atoms with van der Waals surface area (Å²) in [5.74, 6) is 0. The second-order valence-electron chi connectivity index (χ2n) is 3.00. The van der Waals surface area contributed by atoms with Gasteiger partial charge in [-0.2, -0.15) is 0 Å². The minimum absolute atomic E-state index is 0.327. The highest BCUT2D eigenvalue weighted by molar-refractivity contribution is 5.66. The molecule has 0 bridgehead atoms. The first kappa shape index (κ1) is 10.6. The maximum absolute atomic E-state index is 10.8. The van der Waals surface area contributed by atoms with Gasteiger partial charge < -0.3 is 10.1 Å². The fourth-order valence-corrected chi connectivity index (χ4v) is 1.16. The third-order valence-corrected chi connectivity index (χ3v) is 1.97. The first-order valence-corrected chi connectivity index (χ1v) is 4.68. The molecule has 1 amide bonds. The van der Waals surface area contributed by atoms with E-state index >= 15 is 0 Å². The number of nitrogens with one attached hydrogen (secondary N) is 1. The Morgan fingerprint density at radius 3 is 2.79 bits per heavy atom. The van der Waals surface area contributed by atoms with Gasteiger partial charge in [0.2, 0.25) is 0 Å². The molecule has 3 nitrogen and oxygen atoms in total. The number of rotatable bonds is 3.